The normalized spacial score (nSPS) is 11.9. The third kappa shape index (κ3) is 8.47. The minimum absolute atomic E-state index is 0. The summed E-state index contributed by atoms with van der Waals surface area (Å²) in [6, 6.07) is 63.6. The zero-order valence-corrected chi connectivity index (χ0v) is 45.3. The van der Waals surface area contributed by atoms with E-state index in [-0.39, 0.29) is 21.1 Å². The second-order valence-corrected chi connectivity index (χ2v) is 20.6. The van der Waals surface area contributed by atoms with Gasteiger partial charge in [-0.2, -0.15) is 10.2 Å². The van der Waals surface area contributed by atoms with Crippen LogP contribution >= 0.6 is 0 Å². The summed E-state index contributed by atoms with van der Waals surface area (Å²) in [7, 11) is 0. The Kier molecular flexibility index (Phi) is 12.9. The van der Waals surface area contributed by atoms with Crippen LogP contribution in [0.5, 0.6) is 11.5 Å². The predicted molar refractivity (Wildman–Crippen MR) is 301 cm³/mol. The minimum Gasteiger partial charge on any atom is -0.509 e. The molecule has 8 aromatic carbocycles. The number of nitrogens with zero attached hydrogens (tertiary/aromatic N) is 6. The van der Waals surface area contributed by atoms with E-state index >= 15 is 0 Å². The summed E-state index contributed by atoms with van der Waals surface area (Å²) >= 11 is 0. The van der Waals surface area contributed by atoms with Gasteiger partial charge in [-0.05, 0) is 92.7 Å². The smallest absolute Gasteiger partial charge is 0.509 e. The van der Waals surface area contributed by atoms with Crippen LogP contribution in [0, 0.1) is 12.1 Å². The number of aromatic nitrogens is 6. The van der Waals surface area contributed by atoms with E-state index in [4.69, 9.17) is 14.9 Å². The SMILES string of the molecule is CC(C)c1cccc(C(C)C)c1-c1cnn(-c2[c-]c(Oc3[c-]c(-n4cc(-c5c(C(C)C)cccc5C(C)C)cn4)cc(-n4c5ccccc5c5ccccc54)c3)cc(-n3c4ccccc4c4ccccc43)c2)c1.[Pt+2]. The van der Waals surface area contributed by atoms with E-state index in [1.807, 2.05) is 21.8 Å². The van der Waals surface area contributed by atoms with Gasteiger partial charge in [-0.15, -0.1) is 36.4 Å². The molecule has 0 unspecified atom stereocenters. The van der Waals surface area contributed by atoms with Crippen molar-refractivity contribution < 1.29 is 25.8 Å². The van der Waals surface area contributed by atoms with Gasteiger partial charge in [0.05, 0.1) is 34.5 Å². The van der Waals surface area contributed by atoms with Gasteiger partial charge in [-0.25, -0.2) is 0 Å². The van der Waals surface area contributed by atoms with E-state index in [0.29, 0.717) is 35.2 Å². The monoisotopic (exact) mass is 1150 g/mol. The molecule has 368 valence electrons. The van der Waals surface area contributed by atoms with E-state index in [9.17, 15) is 0 Å². The van der Waals surface area contributed by atoms with Crippen molar-refractivity contribution in [2.24, 2.45) is 0 Å². The number of hydrogen-bond donors (Lipinski definition) is 0. The first-order valence-corrected chi connectivity index (χ1v) is 25.7. The average Bonchev–Trinajstić information content (AvgIpc) is 4.23. The molecular weight excluding hydrogens is 1090 g/mol. The summed E-state index contributed by atoms with van der Waals surface area (Å²) in [5, 5.41) is 14.9. The molecule has 0 aliphatic rings. The first-order valence-electron chi connectivity index (χ1n) is 25.7. The summed E-state index contributed by atoms with van der Waals surface area (Å²) in [4.78, 5) is 0. The Morgan fingerprint density at radius 2 is 0.703 bits per heavy atom. The Morgan fingerprint density at radius 3 is 1.01 bits per heavy atom. The third-order valence-electron chi connectivity index (χ3n) is 14.5. The molecule has 12 rings (SSSR count). The van der Waals surface area contributed by atoms with Crippen LogP contribution in [0.3, 0.4) is 0 Å². The van der Waals surface area contributed by atoms with Crippen LogP contribution < -0.4 is 4.74 Å². The molecular formula is C66H58N6OPt. The van der Waals surface area contributed by atoms with Crippen molar-refractivity contribution >= 4 is 43.6 Å². The Labute approximate surface area is 447 Å². The molecule has 8 heteroatoms. The molecule has 4 heterocycles. The number of benzene rings is 8. The van der Waals surface area contributed by atoms with Crippen molar-refractivity contribution in [1.29, 1.82) is 0 Å². The average molecular weight is 1150 g/mol. The van der Waals surface area contributed by atoms with Crippen molar-refractivity contribution in [1.82, 2.24) is 28.7 Å². The topological polar surface area (TPSA) is 54.7 Å². The van der Waals surface area contributed by atoms with Gasteiger partial charge in [0.25, 0.3) is 0 Å². The molecule has 0 bridgehead atoms. The molecule has 12 aromatic rings. The van der Waals surface area contributed by atoms with E-state index in [2.05, 4.69) is 247 Å². The van der Waals surface area contributed by atoms with E-state index in [1.54, 1.807) is 0 Å². The fourth-order valence-corrected chi connectivity index (χ4v) is 11.1. The summed E-state index contributed by atoms with van der Waals surface area (Å²) in [5.41, 5.74) is 17.6. The van der Waals surface area contributed by atoms with E-state index in [0.717, 1.165) is 55.9 Å². The zero-order chi connectivity index (χ0) is 50.1. The van der Waals surface area contributed by atoms with Gasteiger partial charge < -0.3 is 13.9 Å². The van der Waals surface area contributed by atoms with Crippen LogP contribution in [-0.4, -0.2) is 28.7 Å². The maximum atomic E-state index is 7.19. The van der Waals surface area contributed by atoms with Crippen molar-refractivity contribution in [3.63, 3.8) is 0 Å². The standard InChI is InChI=1S/C66H58N6O.Pt/c1-41(2)53-23-17-24-54(42(3)4)65(53)45-37-67-69(39-45)47-31-49(71-61-27-13-9-19-57(61)58-20-10-14-28-62(58)71)35-51(33-47)73-52-34-48(70-40-46(38-68-70)66-55(43(5)6)25-18-26-56(66)44(7)8)32-50(36-52)72-63-29-15-11-21-59(63)60-22-12-16-30-64(60)72;/h9-32,35-44H,1-8H3;/q-2;+2. The summed E-state index contributed by atoms with van der Waals surface area (Å²) in [5.74, 6) is 2.39. The molecule has 74 heavy (non-hydrogen) atoms. The molecule has 0 radical (unpaired) electrons. The number of rotatable bonds is 12. The van der Waals surface area contributed by atoms with Gasteiger partial charge in [0.1, 0.15) is 0 Å². The van der Waals surface area contributed by atoms with E-state index < -0.39 is 0 Å². The molecule has 0 saturated carbocycles. The van der Waals surface area contributed by atoms with Gasteiger partial charge in [-0.3, -0.25) is 9.36 Å². The molecule has 0 N–H and O–H groups in total. The molecule has 0 aliphatic heterocycles. The van der Waals surface area contributed by atoms with Gasteiger partial charge in [0.2, 0.25) is 0 Å². The molecule has 7 nitrogen and oxygen atoms in total. The molecule has 0 aliphatic carbocycles. The van der Waals surface area contributed by atoms with Crippen LogP contribution in [0.4, 0.5) is 0 Å². The second kappa shape index (κ2) is 19.6. The van der Waals surface area contributed by atoms with Crippen LogP contribution in [0.25, 0.3) is 88.6 Å². The quantitative estimate of drug-likeness (QED) is 0.115. The first kappa shape index (κ1) is 48.5. The van der Waals surface area contributed by atoms with Crippen LogP contribution in [0.2, 0.25) is 0 Å². The van der Waals surface area contributed by atoms with Gasteiger partial charge in [0.15, 0.2) is 0 Å². The van der Waals surface area contributed by atoms with Crippen LogP contribution in [-0.2, 0) is 21.1 Å². The fraction of sp³-hybridized carbons (Fsp3) is 0.182. The number of ether oxygens (including phenoxy) is 1. The largest absolute Gasteiger partial charge is 2.00 e. The Bertz CT molecular complexity index is 3630. The predicted octanol–water partition coefficient (Wildman–Crippen LogP) is 17.5. The van der Waals surface area contributed by atoms with E-state index in [1.165, 1.54) is 54.9 Å². The maximum absolute atomic E-state index is 7.19. The number of fused-ring (bicyclic) bond motifs is 6. The van der Waals surface area contributed by atoms with Gasteiger partial charge in [0, 0.05) is 56.6 Å². The maximum Gasteiger partial charge on any atom is 2.00 e. The summed E-state index contributed by atoms with van der Waals surface area (Å²) < 4.78 is 15.7. The molecule has 0 atom stereocenters. The first-order chi connectivity index (χ1) is 35.5. The summed E-state index contributed by atoms with van der Waals surface area (Å²) in [6.45, 7) is 18.1. The molecule has 4 aromatic heterocycles. The zero-order valence-electron chi connectivity index (χ0n) is 43.0. The second-order valence-electron chi connectivity index (χ2n) is 20.6. The minimum atomic E-state index is 0. The molecule has 0 spiro atoms. The van der Waals surface area contributed by atoms with Crippen LogP contribution in [0.1, 0.15) is 101 Å². The van der Waals surface area contributed by atoms with Gasteiger partial charge in [-0.1, -0.05) is 176 Å². The Balaban J connectivity index is 0.00000588. The van der Waals surface area contributed by atoms with Crippen molar-refractivity contribution in [2.45, 2.75) is 79.1 Å². The Hall–Kier alpha value is -7.73. The molecule has 0 fully saturated rings. The van der Waals surface area contributed by atoms with Crippen molar-refractivity contribution in [2.75, 3.05) is 0 Å². The van der Waals surface area contributed by atoms with Crippen molar-refractivity contribution in [3.8, 4) is 56.5 Å². The molecule has 0 amide bonds. The summed E-state index contributed by atoms with van der Waals surface area (Å²) in [6.07, 6.45) is 8.27. The van der Waals surface area contributed by atoms with Crippen molar-refractivity contribution in [3.05, 3.63) is 217 Å². The van der Waals surface area contributed by atoms with Gasteiger partial charge >= 0.3 is 21.1 Å². The number of hydrogen-bond acceptors (Lipinski definition) is 3. The fourth-order valence-electron chi connectivity index (χ4n) is 11.1. The Morgan fingerprint density at radius 1 is 0.392 bits per heavy atom. The van der Waals surface area contributed by atoms with Crippen LogP contribution in [0.15, 0.2) is 183 Å². The number of para-hydroxylation sites is 4. The third-order valence-corrected chi connectivity index (χ3v) is 14.5. The molecule has 0 saturated heterocycles.